The lowest BCUT2D eigenvalue weighted by atomic mass is 10.1. The third kappa shape index (κ3) is 3.64. The van der Waals surface area contributed by atoms with E-state index in [0.29, 0.717) is 0 Å². The number of rotatable bonds is 3. The second-order valence-electron chi connectivity index (χ2n) is 6.31. The fraction of sp³-hybridized carbons (Fsp3) is 0.211. The molecule has 1 aromatic heterocycles. The number of para-hydroxylation sites is 2. The van der Waals surface area contributed by atoms with Crippen LogP contribution in [0.25, 0.3) is 17.1 Å². The van der Waals surface area contributed by atoms with Crippen LogP contribution in [0, 0.1) is 0 Å². The van der Waals surface area contributed by atoms with Gasteiger partial charge in [0.2, 0.25) is 0 Å². The standard InChI is InChI=1S/C19H19BrN2O/c1-19(2,3)23-17-10-5-4-9-16(17)22-12-11-21-18(22)14-7-6-8-15(20)13-14/h4-13H,1-3H3. The molecular formula is C19H19BrN2O. The molecule has 23 heavy (non-hydrogen) atoms. The molecule has 0 amide bonds. The van der Waals surface area contributed by atoms with Gasteiger partial charge in [-0.3, -0.25) is 4.57 Å². The van der Waals surface area contributed by atoms with Crippen LogP contribution in [0.2, 0.25) is 0 Å². The van der Waals surface area contributed by atoms with E-state index in [2.05, 4.69) is 37.6 Å². The van der Waals surface area contributed by atoms with E-state index in [0.717, 1.165) is 27.3 Å². The van der Waals surface area contributed by atoms with Crippen LogP contribution >= 0.6 is 15.9 Å². The van der Waals surface area contributed by atoms with Gasteiger partial charge in [-0.25, -0.2) is 4.98 Å². The van der Waals surface area contributed by atoms with Gasteiger partial charge in [-0.2, -0.15) is 0 Å². The van der Waals surface area contributed by atoms with E-state index < -0.39 is 0 Å². The van der Waals surface area contributed by atoms with Gasteiger partial charge in [0.05, 0.1) is 5.69 Å². The van der Waals surface area contributed by atoms with Crippen molar-refractivity contribution < 1.29 is 4.74 Å². The van der Waals surface area contributed by atoms with Crippen LogP contribution in [0.5, 0.6) is 5.75 Å². The summed E-state index contributed by atoms with van der Waals surface area (Å²) >= 11 is 3.52. The van der Waals surface area contributed by atoms with Crippen LogP contribution in [0.1, 0.15) is 20.8 Å². The lowest BCUT2D eigenvalue weighted by Crippen LogP contribution is -2.23. The molecule has 0 spiro atoms. The van der Waals surface area contributed by atoms with Gasteiger partial charge < -0.3 is 4.74 Å². The van der Waals surface area contributed by atoms with Crippen LogP contribution in [0.15, 0.2) is 65.4 Å². The lowest BCUT2D eigenvalue weighted by Gasteiger charge is -2.23. The second-order valence-corrected chi connectivity index (χ2v) is 7.23. The maximum atomic E-state index is 6.11. The highest BCUT2D eigenvalue weighted by atomic mass is 79.9. The Bertz CT molecular complexity index is 818. The highest BCUT2D eigenvalue weighted by Crippen LogP contribution is 2.30. The Morgan fingerprint density at radius 3 is 2.57 bits per heavy atom. The zero-order valence-electron chi connectivity index (χ0n) is 13.5. The first kappa shape index (κ1) is 15.8. The van der Waals surface area contributed by atoms with E-state index in [1.54, 1.807) is 0 Å². The number of hydrogen-bond donors (Lipinski definition) is 0. The molecule has 4 heteroatoms. The first-order chi connectivity index (χ1) is 10.9. The topological polar surface area (TPSA) is 27.1 Å². The Morgan fingerprint density at radius 1 is 1.04 bits per heavy atom. The van der Waals surface area contributed by atoms with Gasteiger partial charge in [0.1, 0.15) is 17.2 Å². The molecule has 0 N–H and O–H groups in total. The minimum Gasteiger partial charge on any atom is -0.486 e. The first-order valence-electron chi connectivity index (χ1n) is 7.52. The molecule has 1 heterocycles. The Labute approximate surface area is 145 Å². The van der Waals surface area contributed by atoms with Crippen LogP contribution in [-0.4, -0.2) is 15.2 Å². The summed E-state index contributed by atoms with van der Waals surface area (Å²) in [5, 5.41) is 0. The zero-order chi connectivity index (χ0) is 16.4. The molecule has 3 rings (SSSR count). The molecule has 3 aromatic rings. The number of benzene rings is 2. The number of halogens is 1. The van der Waals surface area contributed by atoms with Gasteiger partial charge in [-0.05, 0) is 45.0 Å². The van der Waals surface area contributed by atoms with Crippen molar-refractivity contribution >= 4 is 15.9 Å². The van der Waals surface area contributed by atoms with Gasteiger partial charge in [0, 0.05) is 22.4 Å². The molecule has 0 aliphatic rings. The van der Waals surface area contributed by atoms with Crippen LogP contribution < -0.4 is 4.74 Å². The van der Waals surface area contributed by atoms with E-state index in [1.807, 2.05) is 69.6 Å². The maximum absolute atomic E-state index is 6.11. The molecule has 0 aliphatic carbocycles. The van der Waals surface area contributed by atoms with Gasteiger partial charge in [-0.15, -0.1) is 0 Å². The van der Waals surface area contributed by atoms with Crippen LogP contribution in [0.4, 0.5) is 0 Å². The number of imidazole rings is 1. The van der Waals surface area contributed by atoms with Crippen molar-refractivity contribution in [1.29, 1.82) is 0 Å². The Morgan fingerprint density at radius 2 is 1.83 bits per heavy atom. The summed E-state index contributed by atoms with van der Waals surface area (Å²) in [6, 6.07) is 16.2. The molecule has 2 aromatic carbocycles. The quantitative estimate of drug-likeness (QED) is 0.610. The number of aromatic nitrogens is 2. The van der Waals surface area contributed by atoms with Gasteiger partial charge >= 0.3 is 0 Å². The summed E-state index contributed by atoms with van der Waals surface area (Å²) < 4.78 is 9.20. The second kappa shape index (κ2) is 6.20. The van der Waals surface area contributed by atoms with E-state index in [-0.39, 0.29) is 5.60 Å². The van der Waals surface area contributed by atoms with Crippen molar-refractivity contribution in [2.75, 3.05) is 0 Å². The molecule has 0 fully saturated rings. The average Bonchev–Trinajstić information content (AvgIpc) is 2.95. The van der Waals surface area contributed by atoms with E-state index in [9.17, 15) is 0 Å². The maximum Gasteiger partial charge on any atom is 0.144 e. The van der Waals surface area contributed by atoms with E-state index in [4.69, 9.17) is 4.74 Å². The van der Waals surface area contributed by atoms with E-state index in [1.165, 1.54) is 0 Å². The molecule has 0 unspecified atom stereocenters. The normalized spacial score (nSPS) is 11.5. The predicted molar refractivity (Wildman–Crippen MR) is 97.1 cm³/mol. The fourth-order valence-electron chi connectivity index (χ4n) is 2.41. The summed E-state index contributed by atoms with van der Waals surface area (Å²) in [5.74, 6) is 1.73. The van der Waals surface area contributed by atoms with Gasteiger partial charge in [0.25, 0.3) is 0 Å². The molecule has 0 aliphatic heterocycles. The zero-order valence-corrected chi connectivity index (χ0v) is 15.0. The largest absolute Gasteiger partial charge is 0.486 e. The molecule has 0 saturated carbocycles. The molecular weight excluding hydrogens is 352 g/mol. The molecule has 0 atom stereocenters. The summed E-state index contributed by atoms with van der Waals surface area (Å²) in [4.78, 5) is 4.53. The highest BCUT2D eigenvalue weighted by Gasteiger charge is 2.17. The Kier molecular flexibility index (Phi) is 4.26. The number of nitrogens with zero attached hydrogens (tertiary/aromatic N) is 2. The first-order valence-corrected chi connectivity index (χ1v) is 8.31. The predicted octanol–water partition coefficient (Wildman–Crippen LogP) is 5.48. The minimum atomic E-state index is -0.257. The van der Waals surface area contributed by atoms with Crippen LogP contribution in [-0.2, 0) is 0 Å². The lowest BCUT2D eigenvalue weighted by molar-refractivity contribution is 0.130. The summed E-state index contributed by atoms with van der Waals surface area (Å²) in [6.45, 7) is 6.15. The molecule has 0 saturated heterocycles. The SMILES string of the molecule is CC(C)(C)Oc1ccccc1-n1ccnc1-c1cccc(Br)c1. The Balaban J connectivity index is 2.10. The molecule has 3 nitrogen and oxygen atoms in total. The van der Waals surface area contributed by atoms with Crippen molar-refractivity contribution in [2.45, 2.75) is 26.4 Å². The van der Waals surface area contributed by atoms with Crippen molar-refractivity contribution in [3.8, 4) is 22.8 Å². The van der Waals surface area contributed by atoms with E-state index >= 15 is 0 Å². The van der Waals surface area contributed by atoms with Gasteiger partial charge in [0.15, 0.2) is 0 Å². The molecule has 118 valence electrons. The van der Waals surface area contributed by atoms with Crippen molar-refractivity contribution in [3.63, 3.8) is 0 Å². The minimum absolute atomic E-state index is 0.257. The summed E-state index contributed by atoms with van der Waals surface area (Å²) in [5.41, 5.74) is 1.77. The number of hydrogen-bond acceptors (Lipinski definition) is 2. The summed E-state index contributed by atoms with van der Waals surface area (Å²) in [6.07, 6.45) is 3.77. The molecule has 0 radical (unpaired) electrons. The number of ether oxygens (including phenoxy) is 1. The van der Waals surface area contributed by atoms with Crippen molar-refractivity contribution in [2.24, 2.45) is 0 Å². The highest BCUT2D eigenvalue weighted by molar-refractivity contribution is 9.10. The van der Waals surface area contributed by atoms with Crippen molar-refractivity contribution in [1.82, 2.24) is 9.55 Å². The fourth-order valence-corrected chi connectivity index (χ4v) is 2.81. The van der Waals surface area contributed by atoms with Gasteiger partial charge in [-0.1, -0.05) is 40.2 Å². The van der Waals surface area contributed by atoms with Crippen molar-refractivity contribution in [3.05, 3.63) is 65.4 Å². The molecule has 0 bridgehead atoms. The third-order valence-electron chi connectivity index (χ3n) is 3.26. The average molecular weight is 371 g/mol. The Hall–Kier alpha value is -2.07. The smallest absolute Gasteiger partial charge is 0.144 e. The summed E-state index contributed by atoms with van der Waals surface area (Å²) in [7, 11) is 0. The van der Waals surface area contributed by atoms with Crippen LogP contribution in [0.3, 0.4) is 0 Å². The third-order valence-corrected chi connectivity index (χ3v) is 3.76. The monoisotopic (exact) mass is 370 g/mol.